The molecule has 0 amide bonds. The van der Waals surface area contributed by atoms with Gasteiger partial charge in [0.15, 0.2) is 0 Å². The molecule has 1 aliphatic rings. The standard InChI is InChI=1S/C26H33Cl2NO2/c1-5-13-26(4)15-22(19-7-6-8-21(28)14-19)24(18-9-11-20(27)12-10-18)29(25(26)31)23(16-30)17(2)3/h5-12,14,17,22-25,30-31H,1,13,15-16H2,2-4H3. The lowest BCUT2D eigenvalue weighted by molar-refractivity contribution is -0.177. The van der Waals surface area contributed by atoms with Crippen LogP contribution in [0.3, 0.4) is 0 Å². The van der Waals surface area contributed by atoms with Crippen molar-refractivity contribution in [3.05, 3.63) is 82.4 Å². The smallest absolute Gasteiger partial charge is 0.113 e. The lowest BCUT2D eigenvalue weighted by Crippen LogP contribution is -2.60. The number of hydrogen-bond acceptors (Lipinski definition) is 3. The summed E-state index contributed by atoms with van der Waals surface area (Å²) in [5, 5.41) is 23.4. The number of benzene rings is 2. The number of aliphatic hydroxyl groups is 2. The second-order valence-electron chi connectivity index (χ2n) is 9.32. The van der Waals surface area contributed by atoms with Crippen molar-refractivity contribution < 1.29 is 10.2 Å². The Morgan fingerprint density at radius 2 is 1.81 bits per heavy atom. The van der Waals surface area contributed by atoms with Gasteiger partial charge in [-0.1, -0.05) is 74.3 Å². The van der Waals surface area contributed by atoms with Crippen LogP contribution in [-0.2, 0) is 0 Å². The van der Waals surface area contributed by atoms with Crippen LogP contribution in [0.25, 0.3) is 0 Å². The van der Waals surface area contributed by atoms with Gasteiger partial charge in [-0.15, -0.1) is 6.58 Å². The maximum absolute atomic E-state index is 11.7. The molecule has 0 spiro atoms. The highest BCUT2D eigenvalue weighted by molar-refractivity contribution is 6.30. The van der Waals surface area contributed by atoms with Gasteiger partial charge in [-0.3, -0.25) is 4.90 Å². The molecule has 3 rings (SSSR count). The molecular weight excluding hydrogens is 429 g/mol. The number of piperidine rings is 1. The van der Waals surface area contributed by atoms with Gasteiger partial charge in [0.05, 0.1) is 6.61 Å². The van der Waals surface area contributed by atoms with E-state index < -0.39 is 11.6 Å². The zero-order valence-electron chi connectivity index (χ0n) is 18.5. The van der Waals surface area contributed by atoms with E-state index in [9.17, 15) is 10.2 Å². The summed E-state index contributed by atoms with van der Waals surface area (Å²) in [6.45, 7) is 10.2. The normalized spacial score (nSPS) is 27.9. The monoisotopic (exact) mass is 461 g/mol. The Labute approximate surface area is 196 Å². The summed E-state index contributed by atoms with van der Waals surface area (Å²) in [7, 11) is 0. The topological polar surface area (TPSA) is 43.7 Å². The van der Waals surface area contributed by atoms with Gasteiger partial charge in [0.25, 0.3) is 0 Å². The Morgan fingerprint density at radius 1 is 1.13 bits per heavy atom. The molecule has 1 fully saturated rings. The number of rotatable bonds is 7. The van der Waals surface area contributed by atoms with Gasteiger partial charge in [0.1, 0.15) is 6.23 Å². The summed E-state index contributed by atoms with van der Waals surface area (Å²) in [5.74, 6) is 0.224. The number of nitrogens with zero attached hydrogens (tertiary/aromatic N) is 1. The van der Waals surface area contributed by atoms with Crippen LogP contribution >= 0.6 is 23.2 Å². The van der Waals surface area contributed by atoms with Crippen LogP contribution in [0, 0.1) is 11.3 Å². The molecule has 0 bridgehead atoms. The average molecular weight is 462 g/mol. The Bertz CT molecular complexity index is 885. The molecule has 0 aromatic heterocycles. The largest absolute Gasteiger partial charge is 0.395 e. The first-order valence-corrected chi connectivity index (χ1v) is 11.7. The van der Waals surface area contributed by atoms with E-state index in [0.29, 0.717) is 16.5 Å². The second-order valence-corrected chi connectivity index (χ2v) is 10.2. The highest BCUT2D eigenvalue weighted by atomic mass is 35.5. The van der Waals surface area contributed by atoms with Crippen LogP contribution in [0.15, 0.2) is 61.2 Å². The zero-order valence-corrected chi connectivity index (χ0v) is 20.0. The van der Waals surface area contributed by atoms with Crippen LogP contribution in [0.5, 0.6) is 0 Å². The average Bonchev–Trinajstić information content (AvgIpc) is 2.72. The summed E-state index contributed by atoms with van der Waals surface area (Å²) < 4.78 is 0. The van der Waals surface area contributed by atoms with Crippen molar-refractivity contribution in [3.8, 4) is 0 Å². The van der Waals surface area contributed by atoms with Gasteiger partial charge in [-0.25, -0.2) is 0 Å². The molecule has 0 saturated carbocycles. The number of hydrogen-bond donors (Lipinski definition) is 2. The summed E-state index contributed by atoms with van der Waals surface area (Å²) in [5.41, 5.74) is 1.77. The SMILES string of the molecule is C=CCC1(C)CC(c2cccc(Cl)c2)C(c2ccc(Cl)cc2)N(C(CO)C(C)C)C1O. The first-order chi connectivity index (χ1) is 14.7. The molecule has 0 aliphatic carbocycles. The summed E-state index contributed by atoms with van der Waals surface area (Å²) >= 11 is 12.6. The second kappa shape index (κ2) is 10.1. The summed E-state index contributed by atoms with van der Waals surface area (Å²) in [6.07, 6.45) is 2.58. The van der Waals surface area contributed by atoms with Gasteiger partial charge < -0.3 is 10.2 Å². The number of likely N-dealkylation sites (tertiary alicyclic amines) is 1. The van der Waals surface area contributed by atoms with Gasteiger partial charge >= 0.3 is 0 Å². The van der Waals surface area contributed by atoms with Gasteiger partial charge in [-0.2, -0.15) is 0 Å². The minimum Gasteiger partial charge on any atom is -0.395 e. The summed E-state index contributed by atoms with van der Waals surface area (Å²) in [6, 6.07) is 15.5. The van der Waals surface area contributed by atoms with E-state index in [4.69, 9.17) is 23.2 Å². The van der Waals surface area contributed by atoms with Crippen molar-refractivity contribution in [1.82, 2.24) is 4.90 Å². The number of halogens is 2. The Balaban J connectivity index is 2.23. The fraction of sp³-hybridized carbons (Fsp3) is 0.462. The van der Waals surface area contributed by atoms with Crippen molar-refractivity contribution >= 4 is 23.2 Å². The van der Waals surface area contributed by atoms with Crippen molar-refractivity contribution in [2.45, 2.75) is 57.8 Å². The van der Waals surface area contributed by atoms with Crippen molar-refractivity contribution in [1.29, 1.82) is 0 Å². The third-order valence-corrected chi connectivity index (χ3v) is 7.22. The third kappa shape index (κ3) is 5.02. The van der Waals surface area contributed by atoms with Crippen molar-refractivity contribution in [2.24, 2.45) is 11.3 Å². The maximum Gasteiger partial charge on any atom is 0.113 e. The van der Waals surface area contributed by atoms with Crippen LogP contribution in [0.2, 0.25) is 10.0 Å². The molecule has 168 valence electrons. The Kier molecular flexibility index (Phi) is 7.88. The van der Waals surface area contributed by atoms with Gasteiger partial charge in [0, 0.05) is 33.5 Å². The molecule has 3 nitrogen and oxygen atoms in total. The molecule has 31 heavy (non-hydrogen) atoms. The summed E-state index contributed by atoms with van der Waals surface area (Å²) in [4.78, 5) is 2.12. The quantitative estimate of drug-likeness (QED) is 0.466. The van der Waals surface area contributed by atoms with Crippen molar-refractivity contribution in [3.63, 3.8) is 0 Å². The van der Waals surface area contributed by atoms with E-state index >= 15 is 0 Å². The van der Waals surface area contributed by atoms with Gasteiger partial charge in [0.2, 0.25) is 0 Å². The molecular formula is C26H33Cl2NO2. The number of aliphatic hydroxyl groups excluding tert-OH is 2. The highest BCUT2D eigenvalue weighted by Gasteiger charge is 2.51. The predicted octanol–water partition coefficient (Wildman–Crippen LogP) is 6.44. The molecule has 5 heteroatoms. The van der Waals surface area contributed by atoms with Crippen LogP contribution in [0.4, 0.5) is 0 Å². The van der Waals surface area contributed by atoms with E-state index in [-0.39, 0.29) is 30.5 Å². The van der Waals surface area contributed by atoms with Gasteiger partial charge in [-0.05, 0) is 54.2 Å². The van der Waals surface area contributed by atoms with Crippen molar-refractivity contribution in [2.75, 3.05) is 6.61 Å². The fourth-order valence-corrected chi connectivity index (χ4v) is 5.42. The third-order valence-electron chi connectivity index (χ3n) is 6.73. The lowest BCUT2D eigenvalue weighted by atomic mass is 9.66. The van der Waals surface area contributed by atoms with Crippen LogP contribution in [-0.4, -0.2) is 34.0 Å². The maximum atomic E-state index is 11.7. The zero-order chi connectivity index (χ0) is 22.8. The molecule has 5 atom stereocenters. The van der Waals surface area contributed by atoms with E-state index in [1.165, 1.54) is 0 Å². The minimum atomic E-state index is -0.735. The highest BCUT2D eigenvalue weighted by Crippen LogP contribution is 2.54. The van der Waals surface area contributed by atoms with E-state index in [1.54, 1.807) is 0 Å². The first kappa shape index (κ1) is 24.3. The molecule has 2 aromatic carbocycles. The molecule has 2 N–H and O–H groups in total. The van der Waals surface area contributed by atoms with Crippen LogP contribution in [0.1, 0.15) is 56.7 Å². The van der Waals surface area contributed by atoms with E-state index in [0.717, 1.165) is 17.5 Å². The molecule has 5 unspecified atom stereocenters. The minimum absolute atomic E-state index is 0.0365. The Hall–Kier alpha value is -1.36. The Morgan fingerprint density at radius 3 is 2.35 bits per heavy atom. The molecule has 1 heterocycles. The first-order valence-electron chi connectivity index (χ1n) is 10.9. The molecule has 1 aliphatic heterocycles. The molecule has 0 radical (unpaired) electrons. The van der Waals surface area contributed by atoms with E-state index in [1.807, 2.05) is 48.5 Å². The molecule has 2 aromatic rings. The lowest BCUT2D eigenvalue weighted by Gasteiger charge is -2.56. The van der Waals surface area contributed by atoms with Crippen LogP contribution < -0.4 is 0 Å². The molecule has 1 saturated heterocycles. The fourth-order valence-electron chi connectivity index (χ4n) is 5.10. The predicted molar refractivity (Wildman–Crippen MR) is 129 cm³/mol. The number of allylic oxidation sites excluding steroid dienone is 1. The van der Waals surface area contributed by atoms with E-state index in [2.05, 4.69) is 38.3 Å².